The lowest BCUT2D eigenvalue weighted by Crippen LogP contribution is -2.48. The van der Waals surface area contributed by atoms with E-state index in [0.717, 1.165) is 50.3 Å². The van der Waals surface area contributed by atoms with E-state index in [1.54, 1.807) is 0 Å². The molecule has 144 valence electrons. The molecule has 1 saturated heterocycles. The third-order valence-corrected chi connectivity index (χ3v) is 4.63. The molecule has 2 heterocycles. The predicted octanol–water partition coefficient (Wildman–Crippen LogP) is 2.79. The molecule has 0 saturated carbocycles. The Morgan fingerprint density at radius 3 is 2.44 bits per heavy atom. The Bertz CT molecular complexity index is 527. The Labute approximate surface area is 168 Å². The van der Waals surface area contributed by atoms with Crippen LogP contribution in [-0.4, -0.2) is 56.8 Å². The molecule has 1 aromatic heterocycles. The van der Waals surface area contributed by atoms with Gasteiger partial charge in [-0.05, 0) is 31.9 Å². The van der Waals surface area contributed by atoms with E-state index >= 15 is 0 Å². The number of morpholine rings is 1. The standard InChI is InChI=1S/C18H32N4O2.HI/c1-13(2)15(4)21-18(19-5)20-12-16(17-7-6-14(3)24-17)22-8-10-23-11-9-22;/h6-7,13,15-16H,8-12H2,1-5H3,(H2,19,20,21);1H. The zero-order chi connectivity index (χ0) is 17.5. The normalized spacial score (nSPS) is 18.6. The van der Waals surface area contributed by atoms with Crippen LogP contribution in [0.15, 0.2) is 21.5 Å². The van der Waals surface area contributed by atoms with Gasteiger partial charge in [0.15, 0.2) is 5.96 Å². The minimum atomic E-state index is 0. The van der Waals surface area contributed by atoms with Crippen LogP contribution in [0.1, 0.15) is 38.3 Å². The molecule has 2 N–H and O–H groups in total. The van der Waals surface area contributed by atoms with Gasteiger partial charge in [0.2, 0.25) is 0 Å². The van der Waals surface area contributed by atoms with E-state index in [1.165, 1.54) is 0 Å². The van der Waals surface area contributed by atoms with Crippen LogP contribution in [0.25, 0.3) is 0 Å². The van der Waals surface area contributed by atoms with Crippen LogP contribution in [-0.2, 0) is 4.74 Å². The Balaban J connectivity index is 0.00000312. The molecule has 1 aliphatic heterocycles. The summed E-state index contributed by atoms with van der Waals surface area (Å²) in [6.07, 6.45) is 0. The zero-order valence-corrected chi connectivity index (χ0v) is 18.4. The maximum atomic E-state index is 5.90. The molecule has 2 unspecified atom stereocenters. The Hall–Kier alpha value is -0.800. The zero-order valence-electron chi connectivity index (χ0n) is 16.0. The summed E-state index contributed by atoms with van der Waals surface area (Å²) in [5.74, 6) is 3.32. The number of hydrogen-bond acceptors (Lipinski definition) is 4. The molecular weight excluding hydrogens is 431 g/mol. The van der Waals surface area contributed by atoms with Crippen molar-refractivity contribution >= 4 is 29.9 Å². The van der Waals surface area contributed by atoms with Gasteiger partial charge < -0.3 is 19.8 Å². The van der Waals surface area contributed by atoms with Gasteiger partial charge in [-0.15, -0.1) is 24.0 Å². The second kappa shape index (κ2) is 11.0. The van der Waals surface area contributed by atoms with Gasteiger partial charge in [-0.25, -0.2) is 0 Å². The lowest BCUT2D eigenvalue weighted by atomic mass is 10.1. The summed E-state index contributed by atoms with van der Waals surface area (Å²) < 4.78 is 11.4. The molecule has 2 rings (SSSR count). The molecule has 1 fully saturated rings. The van der Waals surface area contributed by atoms with Crippen LogP contribution in [0.2, 0.25) is 0 Å². The van der Waals surface area contributed by atoms with Gasteiger partial charge in [0.25, 0.3) is 0 Å². The van der Waals surface area contributed by atoms with Gasteiger partial charge in [0, 0.05) is 32.7 Å². The van der Waals surface area contributed by atoms with Crippen LogP contribution in [0, 0.1) is 12.8 Å². The highest BCUT2D eigenvalue weighted by Crippen LogP contribution is 2.23. The predicted molar refractivity (Wildman–Crippen MR) is 113 cm³/mol. The van der Waals surface area contributed by atoms with Crippen LogP contribution in [0.4, 0.5) is 0 Å². The van der Waals surface area contributed by atoms with Crippen molar-refractivity contribution < 1.29 is 9.15 Å². The molecular formula is C18H33IN4O2. The Morgan fingerprint density at radius 1 is 1.24 bits per heavy atom. The minimum absolute atomic E-state index is 0. The molecule has 1 aliphatic rings. The van der Waals surface area contributed by atoms with Crippen LogP contribution in [0.5, 0.6) is 0 Å². The number of rotatable bonds is 6. The lowest BCUT2D eigenvalue weighted by Gasteiger charge is -2.34. The van der Waals surface area contributed by atoms with Crippen LogP contribution < -0.4 is 10.6 Å². The molecule has 7 heteroatoms. The molecule has 1 aromatic rings. The van der Waals surface area contributed by atoms with Gasteiger partial charge in [-0.1, -0.05) is 13.8 Å². The highest BCUT2D eigenvalue weighted by molar-refractivity contribution is 14.0. The van der Waals surface area contributed by atoms with Crippen molar-refractivity contribution in [3.8, 4) is 0 Å². The summed E-state index contributed by atoms with van der Waals surface area (Å²) in [6.45, 7) is 12.7. The molecule has 0 spiro atoms. The van der Waals surface area contributed by atoms with E-state index in [0.29, 0.717) is 12.0 Å². The molecule has 0 amide bonds. The van der Waals surface area contributed by atoms with E-state index in [9.17, 15) is 0 Å². The monoisotopic (exact) mass is 464 g/mol. The molecule has 0 aliphatic carbocycles. The summed E-state index contributed by atoms with van der Waals surface area (Å²) in [5.41, 5.74) is 0. The number of halogens is 1. The fraction of sp³-hybridized carbons (Fsp3) is 0.722. The topological polar surface area (TPSA) is 62.0 Å². The number of nitrogens with one attached hydrogen (secondary N) is 2. The summed E-state index contributed by atoms with van der Waals surface area (Å²) in [7, 11) is 1.81. The van der Waals surface area contributed by atoms with Crippen LogP contribution >= 0.6 is 24.0 Å². The van der Waals surface area contributed by atoms with E-state index in [1.807, 2.05) is 20.0 Å². The van der Waals surface area contributed by atoms with Gasteiger partial charge >= 0.3 is 0 Å². The minimum Gasteiger partial charge on any atom is -0.465 e. The summed E-state index contributed by atoms with van der Waals surface area (Å²) in [4.78, 5) is 6.76. The molecule has 6 nitrogen and oxygen atoms in total. The molecule has 0 radical (unpaired) electrons. The van der Waals surface area contributed by atoms with Crippen molar-refractivity contribution in [3.63, 3.8) is 0 Å². The Morgan fingerprint density at radius 2 is 1.92 bits per heavy atom. The highest BCUT2D eigenvalue weighted by Gasteiger charge is 2.25. The fourth-order valence-corrected chi connectivity index (χ4v) is 2.70. The second-order valence-corrected chi connectivity index (χ2v) is 6.74. The number of guanidine groups is 1. The van der Waals surface area contributed by atoms with E-state index in [2.05, 4.69) is 47.4 Å². The second-order valence-electron chi connectivity index (χ2n) is 6.74. The first kappa shape index (κ1) is 22.2. The van der Waals surface area contributed by atoms with Crippen molar-refractivity contribution in [1.82, 2.24) is 15.5 Å². The largest absolute Gasteiger partial charge is 0.465 e. The summed E-state index contributed by atoms with van der Waals surface area (Å²) in [6, 6.07) is 4.64. The average Bonchev–Trinajstić information content (AvgIpc) is 3.00. The van der Waals surface area contributed by atoms with Crippen molar-refractivity contribution in [1.29, 1.82) is 0 Å². The van der Waals surface area contributed by atoms with Gasteiger partial charge in [-0.2, -0.15) is 0 Å². The third-order valence-electron chi connectivity index (χ3n) is 4.63. The van der Waals surface area contributed by atoms with Gasteiger partial charge in [-0.3, -0.25) is 9.89 Å². The number of hydrogen-bond donors (Lipinski definition) is 2. The third kappa shape index (κ3) is 6.79. The van der Waals surface area contributed by atoms with E-state index < -0.39 is 0 Å². The number of nitrogens with zero attached hydrogens (tertiary/aromatic N) is 2. The maximum Gasteiger partial charge on any atom is 0.191 e. The summed E-state index contributed by atoms with van der Waals surface area (Å²) in [5, 5.41) is 6.90. The highest BCUT2D eigenvalue weighted by atomic mass is 127. The number of furan rings is 1. The molecule has 2 atom stereocenters. The van der Waals surface area contributed by atoms with Crippen LogP contribution in [0.3, 0.4) is 0 Å². The SMILES string of the molecule is CN=C(NCC(c1ccc(C)o1)N1CCOCC1)NC(C)C(C)C.I. The Kier molecular flexibility index (Phi) is 9.81. The molecule has 25 heavy (non-hydrogen) atoms. The van der Waals surface area contributed by atoms with Crippen molar-refractivity contribution in [2.24, 2.45) is 10.9 Å². The lowest BCUT2D eigenvalue weighted by molar-refractivity contribution is 0.0124. The summed E-state index contributed by atoms with van der Waals surface area (Å²) >= 11 is 0. The van der Waals surface area contributed by atoms with E-state index in [-0.39, 0.29) is 30.0 Å². The van der Waals surface area contributed by atoms with Crippen molar-refractivity contribution in [2.75, 3.05) is 39.9 Å². The first-order valence-corrected chi connectivity index (χ1v) is 8.86. The van der Waals surface area contributed by atoms with E-state index in [4.69, 9.17) is 9.15 Å². The van der Waals surface area contributed by atoms with Crippen molar-refractivity contribution in [2.45, 2.75) is 39.8 Å². The smallest absolute Gasteiger partial charge is 0.191 e. The van der Waals surface area contributed by atoms with Gasteiger partial charge in [0.1, 0.15) is 11.5 Å². The number of aliphatic imine (C=N–C) groups is 1. The number of aryl methyl sites for hydroxylation is 1. The molecule has 0 bridgehead atoms. The maximum absolute atomic E-state index is 5.90. The quantitative estimate of drug-likeness (QED) is 0.385. The number of ether oxygens (including phenoxy) is 1. The first-order chi connectivity index (χ1) is 11.5. The molecule has 0 aromatic carbocycles. The fourth-order valence-electron chi connectivity index (χ4n) is 2.70. The van der Waals surface area contributed by atoms with Gasteiger partial charge in [0.05, 0.1) is 19.3 Å². The first-order valence-electron chi connectivity index (χ1n) is 8.86. The average molecular weight is 464 g/mol. The van der Waals surface area contributed by atoms with Crippen molar-refractivity contribution in [3.05, 3.63) is 23.7 Å².